The highest BCUT2D eigenvalue weighted by atomic mass is 16.5. The highest BCUT2D eigenvalue weighted by Crippen LogP contribution is 2.26. The number of rotatable bonds is 5. The maximum absolute atomic E-state index is 11.8. The minimum Gasteiger partial charge on any atom is -0.389 e. The fourth-order valence-electron chi connectivity index (χ4n) is 2.50. The molecule has 0 bridgehead atoms. The number of aliphatic hydroxyl groups is 3. The summed E-state index contributed by atoms with van der Waals surface area (Å²) in [6.07, 6.45) is -4.05. The summed E-state index contributed by atoms with van der Waals surface area (Å²) in [5, 5.41) is 31.6. The van der Waals surface area contributed by atoms with Gasteiger partial charge in [-0.05, 0) is 6.42 Å². The second kappa shape index (κ2) is 7.30. The van der Waals surface area contributed by atoms with Gasteiger partial charge in [0.05, 0.1) is 12.1 Å². The Morgan fingerprint density at radius 2 is 2.10 bits per heavy atom. The Hall–Kier alpha value is -0.770. The number of carbonyl (C=O) groups excluding carboxylic acids is 1. The summed E-state index contributed by atoms with van der Waals surface area (Å²) in [5.41, 5.74) is 11.1. The van der Waals surface area contributed by atoms with Crippen molar-refractivity contribution < 1.29 is 24.9 Å². The van der Waals surface area contributed by atoms with Crippen LogP contribution in [0.3, 0.4) is 0 Å². The van der Waals surface area contributed by atoms with Gasteiger partial charge in [-0.2, -0.15) is 0 Å². The van der Waals surface area contributed by atoms with E-state index in [1.165, 1.54) is 7.11 Å². The molecular formula is C12H25N3O5. The van der Waals surface area contributed by atoms with Crippen molar-refractivity contribution in [3.8, 4) is 0 Å². The number of ether oxygens (including phenoxy) is 1. The SMILES string of the molecule is CO[C@H]1[C@H](C)[C@@H](N)C[C@@H](NC(=O)C(O)C(O)CN)[C@@H]1O. The molecule has 1 aliphatic carbocycles. The van der Waals surface area contributed by atoms with Crippen LogP contribution in [0.15, 0.2) is 0 Å². The van der Waals surface area contributed by atoms with E-state index in [4.69, 9.17) is 16.2 Å². The van der Waals surface area contributed by atoms with E-state index in [9.17, 15) is 20.1 Å². The lowest BCUT2D eigenvalue weighted by Crippen LogP contribution is -2.62. The third-order valence-electron chi connectivity index (χ3n) is 3.94. The molecule has 0 aromatic heterocycles. The highest BCUT2D eigenvalue weighted by Gasteiger charge is 2.42. The fourth-order valence-corrected chi connectivity index (χ4v) is 2.50. The molecule has 1 fully saturated rings. The molecule has 0 radical (unpaired) electrons. The molecule has 8 N–H and O–H groups in total. The van der Waals surface area contributed by atoms with Gasteiger partial charge in [0.25, 0.3) is 5.91 Å². The Balaban J connectivity index is 2.69. The van der Waals surface area contributed by atoms with Crippen molar-refractivity contribution in [3.05, 3.63) is 0 Å². The number of methoxy groups -OCH3 is 1. The highest BCUT2D eigenvalue weighted by molar-refractivity contribution is 5.81. The van der Waals surface area contributed by atoms with Crippen LogP contribution < -0.4 is 16.8 Å². The van der Waals surface area contributed by atoms with Gasteiger partial charge in [0.1, 0.15) is 12.2 Å². The van der Waals surface area contributed by atoms with Gasteiger partial charge in [-0.15, -0.1) is 0 Å². The van der Waals surface area contributed by atoms with Crippen molar-refractivity contribution in [2.24, 2.45) is 17.4 Å². The molecule has 1 rings (SSSR count). The average molecular weight is 291 g/mol. The summed E-state index contributed by atoms with van der Waals surface area (Å²) in [7, 11) is 1.47. The lowest BCUT2D eigenvalue weighted by molar-refractivity contribution is -0.140. The Morgan fingerprint density at radius 3 is 2.60 bits per heavy atom. The van der Waals surface area contributed by atoms with Gasteiger partial charge in [0.15, 0.2) is 6.10 Å². The summed E-state index contributed by atoms with van der Waals surface area (Å²) < 4.78 is 5.21. The summed E-state index contributed by atoms with van der Waals surface area (Å²) >= 11 is 0. The average Bonchev–Trinajstić information content (AvgIpc) is 2.43. The zero-order valence-electron chi connectivity index (χ0n) is 11.8. The van der Waals surface area contributed by atoms with E-state index >= 15 is 0 Å². The van der Waals surface area contributed by atoms with Gasteiger partial charge in [0.2, 0.25) is 0 Å². The summed E-state index contributed by atoms with van der Waals surface area (Å²) in [5.74, 6) is -0.841. The fraction of sp³-hybridized carbons (Fsp3) is 0.917. The maximum Gasteiger partial charge on any atom is 0.251 e. The largest absolute Gasteiger partial charge is 0.389 e. The zero-order valence-corrected chi connectivity index (χ0v) is 11.8. The van der Waals surface area contributed by atoms with Crippen molar-refractivity contribution in [2.45, 2.75) is 49.8 Å². The molecule has 2 unspecified atom stereocenters. The standard InChI is InChI=1S/C12H25N3O5/c1-5-6(14)3-7(9(17)11(5)20-2)15-12(19)10(18)8(16)4-13/h5-11,16-18H,3-4,13-14H2,1-2H3,(H,15,19)/t5-,6+,7-,8?,9+,10?,11+/m1/s1. The third kappa shape index (κ3) is 3.66. The number of aliphatic hydroxyl groups excluding tert-OH is 3. The van der Waals surface area contributed by atoms with E-state index in [1.807, 2.05) is 6.92 Å². The van der Waals surface area contributed by atoms with Crippen molar-refractivity contribution in [3.63, 3.8) is 0 Å². The number of nitrogens with one attached hydrogen (secondary N) is 1. The number of nitrogens with two attached hydrogens (primary N) is 2. The van der Waals surface area contributed by atoms with Crippen LogP contribution >= 0.6 is 0 Å². The van der Waals surface area contributed by atoms with E-state index in [0.717, 1.165) is 0 Å². The molecule has 8 heteroatoms. The predicted molar refractivity (Wildman–Crippen MR) is 71.6 cm³/mol. The topological polar surface area (TPSA) is 151 Å². The van der Waals surface area contributed by atoms with E-state index in [-0.39, 0.29) is 18.5 Å². The van der Waals surface area contributed by atoms with Crippen molar-refractivity contribution >= 4 is 5.91 Å². The summed E-state index contributed by atoms with van der Waals surface area (Å²) in [6.45, 7) is 1.63. The van der Waals surface area contributed by atoms with Crippen molar-refractivity contribution in [2.75, 3.05) is 13.7 Å². The second-order valence-electron chi connectivity index (χ2n) is 5.31. The van der Waals surface area contributed by atoms with E-state index in [2.05, 4.69) is 5.32 Å². The molecule has 7 atom stereocenters. The first kappa shape index (κ1) is 17.3. The first-order chi connectivity index (χ1) is 9.33. The van der Waals surface area contributed by atoms with Crippen LogP contribution in [0.5, 0.6) is 0 Å². The summed E-state index contributed by atoms with van der Waals surface area (Å²) in [4.78, 5) is 11.8. The lowest BCUT2D eigenvalue weighted by Gasteiger charge is -2.42. The molecule has 0 saturated heterocycles. The van der Waals surface area contributed by atoms with Crippen molar-refractivity contribution in [1.29, 1.82) is 0 Å². The number of hydrogen-bond acceptors (Lipinski definition) is 7. The first-order valence-electron chi connectivity index (χ1n) is 6.66. The first-order valence-corrected chi connectivity index (χ1v) is 6.66. The van der Waals surface area contributed by atoms with Gasteiger partial charge in [-0.3, -0.25) is 4.79 Å². The third-order valence-corrected chi connectivity index (χ3v) is 3.94. The maximum atomic E-state index is 11.8. The smallest absolute Gasteiger partial charge is 0.251 e. The monoisotopic (exact) mass is 291 g/mol. The van der Waals surface area contributed by atoms with Crippen LogP contribution in [0.25, 0.3) is 0 Å². The van der Waals surface area contributed by atoms with Crippen LogP contribution in [-0.2, 0) is 9.53 Å². The second-order valence-corrected chi connectivity index (χ2v) is 5.31. The molecule has 1 aliphatic rings. The normalized spacial score (nSPS) is 37.2. The van der Waals surface area contributed by atoms with Crippen LogP contribution in [0.1, 0.15) is 13.3 Å². The van der Waals surface area contributed by atoms with Crippen molar-refractivity contribution in [1.82, 2.24) is 5.32 Å². The molecule has 0 spiro atoms. The van der Waals surface area contributed by atoms with Gasteiger partial charge in [-0.1, -0.05) is 6.92 Å². The van der Waals surface area contributed by atoms with Crippen LogP contribution in [0.4, 0.5) is 0 Å². The van der Waals surface area contributed by atoms with Crippen LogP contribution in [-0.4, -0.2) is 71.4 Å². The Labute approximate surface area is 118 Å². The molecule has 8 nitrogen and oxygen atoms in total. The quantitative estimate of drug-likeness (QED) is 0.314. The molecular weight excluding hydrogens is 266 g/mol. The van der Waals surface area contributed by atoms with Crippen LogP contribution in [0, 0.1) is 5.92 Å². The minimum absolute atomic E-state index is 0.0530. The molecule has 0 aliphatic heterocycles. The van der Waals surface area contributed by atoms with Crippen LogP contribution in [0.2, 0.25) is 0 Å². The van der Waals surface area contributed by atoms with Gasteiger partial charge in [0, 0.05) is 25.6 Å². The number of amides is 1. The molecule has 1 amide bonds. The molecule has 118 valence electrons. The van der Waals surface area contributed by atoms with Gasteiger partial charge in [-0.25, -0.2) is 0 Å². The van der Waals surface area contributed by atoms with E-state index in [0.29, 0.717) is 6.42 Å². The molecule has 20 heavy (non-hydrogen) atoms. The van der Waals surface area contributed by atoms with Gasteiger partial charge < -0.3 is 36.8 Å². The lowest BCUT2D eigenvalue weighted by atomic mass is 9.79. The van der Waals surface area contributed by atoms with Gasteiger partial charge >= 0.3 is 0 Å². The number of carbonyl (C=O) groups is 1. The minimum atomic E-state index is -1.64. The number of hydrogen-bond donors (Lipinski definition) is 6. The Morgan fingerprint density at radius 1 is 1.50 bits per heavy atom. The Bertz CT molecular complexity index is 330. The predicted octanol–water partition coefficient (Wildman–Crippen LogP) is -3.11. The molecule has 0 aromatic carbocycles. The molecule has 0 aromatic rings. The van der Waals surface area contributed by atoms with E-state index in [1.54, 1.807) is 0 Å². The molecule has 1 saturated carbocycles. The zero-order chi connectivity index (χ0) is 15.4. The summed E-state index contributed by atoms with van der Waals surface area (Å²) in [6, 6.07) is -0.886. The molecule has 0 heterocycles. The Kier molecular flexibility index (Phi) is 6.31. The van der Waals surface area contributed by atoms with E-state index < -0.39 is 36.4 Å².